The first-order valence-electron chi connectivity index (χ1n) is 11.2. The van der Waals surface area contributed by atoms with Crippen LogP contribution in [0.1, 0.15) is 30.5 Å². The number of rotatable bonds is 4. The summed E-state index contributed by atoms with van der Waals surface area (Å²) in [6.45, 7) is 13.9. The second-order valence-electron chi connectivity index (χ2n) is 9.43. The van der Waals surface area contributed by atoms with Gasteiger partial charge >= 0.3 is 6.03 Å². The normalized spacial score (nSPS) is 24.6. The van der Waals surface area contributed by atoms with Gasteiger partial charge in [0.15, 0.2) is 18.2 Å². The second kappa shape index (κ2) is 8.49. The first-order valence-corrected chi connectivity index (χ1v) is 11.2. The predicted molar refractivity (Wildman–Crippen MR) is 121 cm³/mol. The van der Waals surface area contributed by atoms with E-state index in [1.807, 2.05) is 0 Å². The van der Waals surface area contributed by atoms with Gasteiger partial charge in [0.05, 0.1) is 0 Å². The molecule has 2 saturated heterocycles. The summed E-state index contributed by atoms with van der Waals surface area (Å²) in [7, 11) is 1.71. The molecule has 0 aromatic heterocycles. The summed E-state index contributed by atoms with van der Waals surface area (Å²) in [5.41, 5.74) is 4.01. The van der Waals surface area contributed by atoms with Crippen molar-refractivity contribution in [2.24, 2.45) is 10.9 Å². The van der Waals surface area contributed by atoms with E-state index < -0.39 is 12.2 Å². The molecule has 2 unspecified atom stereocenters. The number of aliphatic imine (C=N–C) groups is 1. The Bertz CT molecular complexity index is 890. The molecule has 0 radical (unpaired) electrons. The average molecular weight is 427 g/mol. The number of hydrogen-bond donors (Lipinski definition) is 1. The van der Waals surface area contributed by atoms with Gasteiger partial charge in [-0.3, -0.25) is 15.0 Å². The van der Waals surface area contributed by atoms with Crippen LogP contribution in [0, 0.1) is 19.8 Å². The minimum Gasteiger partial charge on any atom is -0.340 e. The minimum absolute atomic E-state index is 0.249. The van der Waals surface area contributed by atoms with E-state index in [-0.39, 0.29) is 11.9 Å². The Morgan fingerprint density at radius 3 is 2.52 bits per heavy atom. The summed E-state index contributed by atoms with van der Waals surface area (Å²) in [6.07, 6.45) is -0.456. The molecular weight excluding hydrogens is 392 g/mol. The van der Waals surface area contributed by atoms with E-state index in [0.717, 1.165) is 45.2 Å². The fourth-order valence-electron chi connectivity index (χ4n) is 4.68. The van der Waals surface area contributed by atoms with Gasteiger partial charge in [0.25, 0.3) is 5.91 Å². The van der Waals surface area contributed by atoms with E-state index >= 15 is 0 Å². The standard InChI is InChI=1S/C23H34N6O2/c1-15(2)13-29-19-20(26(5)23(31)25-21(19)30)24-22(29)28-10-8-27(9-11-28)14-18-12-16(3)6-7-17(18)4/h6-7,12,15,19-20H,8-11,13-14H2,1-5H3,(H,25,30,31). The molecule has 0 saturated carbocycles. The van der Waals surface area contributed by atoms with Crippen LogP contribution in [0.5, 0.6) is 0 Å². The van der Waals surface area contributed by atoms with Crippen molar-refractivity contribution in [2.75, 3.05) is 39.8 Å². The van der Waals surface area contributed by atoms with E-state index in [9.17, 15) is 9.59 Å². The van der Waals surface area contributed by atoms with Crippen LogP contribution in [0.15, 0.2) is 23.2 Å². The summed E-state index contributed by atoms with van der Waals surface area (Å²) in [5, 5.41) is 2.48. The molecule has 0 bridgehead atoms. The highest BCUT2D eigenvalue weighted by molar-refractivity contribution is 6.03. The third-order valence-corrected chi connectivity index (χ3v) is 6.45. The number of amides is 3. The molecule has 3 aliphatic rings. The number of benzene rings is 1. The summed E-state index contributed by atoms with van der Waals surface area (Å²) in [5.74, 6) is 0.984. The molecular formula is C23H34N6O2. The monoisotopic (exact) mass is 426 g/mol. The van der Waals surface area contributed by atoms with Crippen LogP contribution in [0.4, 0.5) is 4.79 Å². The molecule has 3 heterocycles. The van der Waals surface area contributed by atoms with Gasteiger partial charge in [-0.25, -0.2) is 9.79 Å². The Labute approximate surface area is 184 Å². The van der Waals surface area contributed by atoms with E-state index in [1.165, 1.54) is 16.7 Å². The van der Waals surface area contributed by atoms with Crippen LogP contribution >= 0.6 is 0 Å². The van der Waals surface area contributed by atoms with E-state index in [2.05, 4.69) is 65.9 Å². The van der Waals surface area contributed by atoms with Crippen LogP contribution in [-0.4, -0.2) is 89.5 Å². The lowest BCUT2D eigenvalue weighted by Gasteiger charge is -2.41. The van der Waals surface area contributed by atoms with Crippen molar-refractivity contribution in [2.45, 2.75) is 46.4 Å². The highest BCUT2D eigenvalue weighted by atomic mass is 16.2. The molecule has 8 nitrogen and oxygen atoms in total. The Morgan fingerprint density at radius 2 is 1.84 bits per heavy atom. The molecule has 3 aliphatic heterocycles. The molecule has 4 rings (SSSR count). The zero-order valence-electron chi connectivity index (χ0n) is 19.3. The van der Waals surface area contributed by atoms with Crippen molar-refractivity contribution >= 4 is 17.9 Å². The molecule has 168 valence electrons. The molecule has 0 aliphatic carbocycles. The number of fused-ring (bicyclic) bond motifs is 1. The molecule has 0 spiro atoms. The van der Waals surface area contributed by atoms with Gasteiger partial charge < -0.3 is 14.7 Å². The van der Waals surface area contributed by atoms with Crippen molar-refractivity contribution in [3.05, 3.63) is 34.9 Å². The first-order chi connectivity index (χ1) is 14.7. The number of nitrogens with one attached hydrogen (secondary N) is 1. The number of aryl methyl sites for hydroxylation is 2. The SMILES string of the molecule is Cc1ccc(C)c(CN2CCN(C3=NC4C(C(=O)NC(=O)N4C)N3CC(C)C)CC2)c1. The summed E-state index contributed by atoms with van der Waals surface area (Å²) in [4.78, 5) is 38.1. The Balaban J connectivity index is 1.47. The number of imide groups is 1. The average Bonchev–Trinajstić information content (AvgIpc) is 3.09. The van der Waals surface area contributed by atoms with Gasteiger partial charge in [0, 0.05) is 46.3 Å². The molecule has 1 aromatic rings. The molecule has 8 heteroatoms. The largest absolute Gasteiger partial charge is 0.340 e. The quantitative estimate of drug-likeness (QED) is 0.792. The maximum Gasteiger partial charge on any atom is 0.325 e. The molecule has 2 atom stereocenters. The van der Waals surface area contributed by atoms with E-state index in [0.29, 0.717) is 5.92 Å². The number of nitrogens with zero attached hydrogens (tertiary/aromatic N) is 5. The maximum atomic E-state index is 12.7. The minimum atomic E-state index is -0.456. The second-order valence-corrected chi connectivity index (χ2v) is 9.43. The van der Waals surface area contributed by atoms with Crippen LogP contribution in [-0.2, 0) is 11.3 Å². The third kappa shape index (κ3) is 4.26. The first kappa shape index (κ1) is 21.6. The fraction of sp³-hybridized carbons (Fsp3) is 0.609. The third-order valence-electron chi connectivity index (χ3n) is 6.45. The van der Waals surface area contributed by atoms with Crippen LogP contribution < -0.4 is 5.32 Å². The van der Waals surface area contributed by atoms with Gasteiger partial charge in [-0.05, 0) is 30.9 Å². The Morgan fingerprint density at radius 1 is 1.13 bits per heavy atom. The summed E-state index contributed by atoms with van der Waals surface area (Å²) < 4.78 is 0. The number of carbonyl (C=O) groups excluding carboxylic acids is 2. The van der Waals surface area contributed by atoms with Crippen LogP contribution in [0.2, 0.25) is 0 Å². The van der Waals surface area contributed by atoms with Crippen molar-refractivity contribution in [1.29, 1.82) is 0 Å². The van der Waals surface area contributed by atoms with Crippen molar-refractivity contribution < 1.29 is 9.59 Å². The lowest BCUT2D eigenvalue weighted by Crippen LogP contribution is -2.65. The van der Waals surface area contributed by atoms with Crippen LogP contribution in [0.25, 0.3) is 0 Å². The highest BCUT2D eigenvalue weighted by Gasteiger charge is 2.49. The molecule has 2 fully saturated rings. The smallest absolute Gasteiger partial charge is 0.325 e. The molecule has 1 N–H and O–H groups in total. The number of guanidine groups is 1. The zero-order valence-corrected chi connectivity index (χ0v) is 19.3. The lowest BCUT2D eigenvalue weighted by atomic mass is 10.0. The predicted octanol–water partition coefficient (Wildman–Crippen LogP) is 1.62. The zero-order chi connectivity index (χ0) is 22.3. The van der Waals surface area contributed by atoms with Gasteiger partial charge in [-0.2, -0.15) is 0 Å². The molecule has 3 amide bonds. The van der Waals surface area contributed by atoms with Gasteiger partial charge in [0.1, 0.15) is 0 Å². The van der Waals surface area contributed by atoms with Crippen molar-refractivity contribution in [3.63, 3.8) is 0 Å². The van der Waals surface area contributed by atoms with E-state index in [4.69, 9.17) is 4.99 Å². The van der Waals surface area contributed by atoms with Gasteiger partial charge in [-0.15, -0.1) is 0 Å². The van der Waals surface area contributed by atoms with Crippen molar-refractivity contribution in [1.82, 2.24) is 24.9 Å². The summed E-state index contributed by atoms with van der Waals surface area (Å²) >= 11 is 0. The number of likely N-dealkylation sites (N-methyl/N-ethyl adjacent to an activating group) is 1. The number of urea groups is 1. The fourth-order valence-corrected chi connectivity index (χ4v) is 4.68. The van der Waals surface area contributed by atoms with Crippen molar-refractivity contribution in [3.8, 4) is 0 Å². The molecule has 31 heavy (non-hydrogen) atoms. The summed E-state index contributed by atoms with van der Waals surface area (Å²) in [6, 6.07) is 5.81. The maximum absolute atomic E-state index is 12.7. The number of carbonyl (C=O) groups is 2. The topological polar surface area (TPSA) is 71.5 Å². The highest BCUT2D eigenvalue weighted by Crippen LogP contribution is 2.27. The Kier molecular flexibility index (Phi) is 5.92. The lowest BCUT2D eigenvalue weighted by molar-refractivity contribution is -0.127. The van der Waals surface area contributed by atoms with Gasteiger partial charge in [0.2, 0.25) is 0 Å². The Hall–Kier alpha value is -2.61. The van der Waals surface area contributed by atoms with Crippen LogP contribution in [0.3, 0.4) is 0 Å². The number of hydrogen-bond acceptors (Lipinski definition) is 6. The van der Waals surface area contributed by atoms with E-state index in [1.54, 1.807) is 11.9 Å². The van der Waals surface area contributed by atoms with Gasteiger partial charge in [-0.1, -0.05) is 37.6 Å². The number of piperazine rings is 1. The molecule has 1 aromatic carbocycles.